The molecule has 0 bridgehead atoms. The van der Waals surface area contributed by atoms with E-state index in [0.29, 0.717) is 11.1 Å². The van der Waals surface area contributed by atoms with E-state index in [1.807, 2.05) is 18.2 Å². The minimum Gasteiger partial charge on any atom is -0.478 e. The summed E-state index contributed by atoms with van der Waals surface area (Å²) in [5.74, 6) is -0.947. The largest absolute Gasteiger partial charge is 0.478 e. The van der Waals surface area contributed by atoms with Crippen molar-refractivity contribution in [3.05, 3.63) is 34.9 Å². The van der Waals surface area contributed by atoms with E-state index in [0.717, 1.165) is 36.7 Å². The Morgan fingerprint density at radius 2 is 2.26 bits per heavy atom. The molecule has 0 aromatic heterocycles. The lowest BCUT2D eigenvalue weighted by atomic mass is 10.0. The summed E-state index contributed by atoms with van der Waals surface area (Å²) in [7, 11) is 0. The molecule has 1 fully saturated rings. The molecule has 4 heteroatoms. The normalized spacial score (nSPS) is 19.9. The Morgan fingerprint density at radius 3 is 2.95 bits per heavy atom. The SMILES string of the molecule is CC1CCCCN1c1c(Cl)cccc1/C=C/C(=O)O. The maximum atomic E-state index is 10.7. The van der Waals surface area contributed by atoms with E-state index in [9.17, 15) is 4.79 Å². The smallest absolute Gasteiger partial charge is 0.328 e. The standard InChI is InChI=1S/C15H18ClNO2/c1-11-5-2-3-10-17(11)15-12(8-9-14(18)19)6-4-7-13(15)16/h4,6-9,11H,2-3,5,10H2,1H3,(H,18,19)/b9-8+. The van der Waals surface area contributed by atoms with E-state index in [1.165, 1.54) is 6.42 Å². The van der Waals surface area contributed by atoms with Crippen molar-refractivity contribution in [2.75, 3.05) is 11.4 Å². The Labute approximate surface area is 118 Å². The molecule has 102 valence electrons. The van der Waals surface area contributed by atoms with Crippen LogP contribution in [0.15, 0.2) is 24.3 Å². The number of rotatable bonds is 3. The van der Waals surface area contributed by atoms with Gasteiger partial charge in [-0.15, -0.1) is 0 Å². The molecule has 0 saturated carbocycles. The number of aliphatic carboxylic acids is 1. The van der Waals surface area contributed by atoms with E-state index >= 15 is 0 Å². The monoisotopic (exact) mass is 279 g/mol. The van der Waals surface area contributed by atoms with Crippen molar-refractivity contribution in [2.45, 2.75) is 32.2 Å². The number of nitrogens with zero attached hydrogens (tertiary/aromatic N) is 1. The molecule has 0 radical (unpaired) electrons. The summed E-state index contributed by atoms with van der Waals surface area (Å²) in [4.78, 5) is 13.0. The molecule has 19 heavy (non-hydrogen) atoms. The number of carboxylic acid groups (broad SMARTS) is 1. The van der Waals surface area contributed by atoms with Crippen LogP contribution < -0.4 is 4.90 Å². The molecule has 1 aromatic rings. The highest BCUT2D eigenvalue weighted by atomic mass is 35.5. The molecule has 1 aliphatic heterocycles. The quantitative estimate of drug-likeness (QED) is 0.855. The van der Waals surface area contributed by atoms with Gasteiger partial charge in [0, 0.05) is 18.7 Å². The van der Waals surface area contributed by atoms with Crippen LogP contribution in [0.25, 0.3) is 6.08 Å². The van der Waals surface area contributed by atoms with Crippen molar-refractivity contribution in [3.8, 4) is 0 Å². The molecule has 0 amide bonds. The minimum atomic E-state index is -0.947. The Kier molecular flexibility index (Phi) is 4.48. The van der Waals surface area contributed by atoms with Crippen molar-refractivity contribution in [2.24, 2.45) is 0 Å². The van der Waals surface area contributed by atoms with Crippen LogP contribution in [0.4, 0.5) is 5.69 Å². The summed E-state index contributed by atoms with van der Waals surface area (Å²) < 4.78 is 0. The average molecular weight is 280 g/mol. The first kappa shape index (κ1) is 13.9. The van der Waals surface area contributed by atoms with E-state index in [-0.39, 0.29) is 0 Å². The highest BCUT2D eigenvalue weighted by Gasteiger charge is 2.22. The molecule has 1 heterocycles. The molecule has 0 spiro atoms. The van der Waals surface area contributed by atoms with Crippen LogP contribution in [0, 0.1) is 0 Å². The van der Waals surface area contributed by atoms with Crippen LogP contribution in [0.5, 0.6) is 0 Å². The number of hydrogen-bond acceptors (Lipinski definition) is 2. The van der Waals surface area contributed by atoms with Crippen LogP contribution in [0.2, 0.25) is 5.02 Å². The van der Waals surface area contributed by atoms with Gasteiger partial charge in [0.15, 0.2) is 0 Å². The Bertz CT molecular complexity index is 499. The third kappa shape index (κ3) is 3.29. The van der Waals surface area contributed by atoms with Gasteiger partial charge in [0.2, 0.25) is 0 Å². The predicted octanol–water partition coefficient (Wildman–Crippen LogP) is 3.82. The molecule has 1 atom stereocenters. The number of piperidine rings is 1. The van der Waals surface area contributed by atoms with Crippen molar-refractivity contribution in [1.82, 2.24) is 0 Å². The van der Waals surface area contributed by atoms with E-state index in [2.05, 4.69) is 11.8 Å². The lowest BCUT2D eigenvalue weighted by molar-refractivity contribution is -0.131. The summed E-state index contributed by atoms with van der Waals surface area (Å²) in [5.41, 5.74) is 1.82. The number of para-hydroxylation sites is 1. The van der Waals surface area contributed by atoms with Crippen LogP contribution in [-0.4, -0.2) is 23.7 Å². The number of anilines is 1. The van der Waals surface area contributed by atoms with Gasteiger partial charge in [0.1, 0.15) is 0 Å². The highest BCUT2D eigenvalue weighted by Crippen LogP contribution is 2.35. The zero-order chi connectivity index (χ0) is 13.8. The van der Waals surface area contributed by atoms with Crippen LogP contribution in [0.1, 0.15) is 31.7 Å². The highest BCUT2D eigenvalue weighted by molar-refractivity contribution is 6.33. The fraction of sp³-hybridized carbons (Fsp3) is 0.400. The summed E-state index contributed by atoms with van der Waals surface area (Å²) in [6, 6.07) is 6.05. The Morgan fingerprint density at radius 1 is 1.47 bits per heavy atom. The first-order valence-corrected chi connectivity index (χ1v) is 6.93. The summed E-state index contributed by atoms with van der Waals surface area (Å²) >= 11 is 6.32. The van der Waals surface area contributed by atoms with Crippen LogP contribution >= 0.6 is 11.6 Å². The number of hydrogen-bond donors (Lipinski definition) is 1. The van der Waals surface area contributed by atoms with E-state index < -0.39 is 5.97 Å². The molecule has 1 unspecified atom stereocenters. The average Bonchev–Trinajstić information content (AvgIpc) is 2.37. The van der Waals surface area contributed by atoms with Gasteiger partial charge >= 0.3 is 5.97 Å². The maximum Gasteiger partial charge on any atom is 0.328 e. The molecular formula is C15H18ClNO2. The van der Waals surface area contributed by atoms with Gasteiger partial charge in [-0.1, -0.05) is 23.7 Å². The summed E-state index contributed by atoms with van der Waals surface area (Å²) in [6.45, 7) is 3.16. The molecule has 2 rings (SSSR count). The lowest BCUT2D eigenvalue weighted by Crippen LogP contribution is -2.38. The predicted molar refractivity (Wildman–Crippen MR) is 78.8 cm³/mol. The van der Waals surface area contributed by atoms with Gasteiger partial charge in [-0.05, 0) is 43.9 Å². The Balaban J connectivity index is 2.39. The topological polar surface area (TPSA) is 40.5 Å². The molecule has 1 N–H and O–H groups in total. The first-order chi connectivity index (χ1) is 9.09. The third-order valence-corrected chi connectivity index (χ3v) is 3.82. The molecule has 1 saturated heterocycles. The fourth-order valence-electron chi connectivity index (χ4n) is 2.56. The van der Waals surface area contributed by atoms with E-state index in [1.54, 1.807) is 6.08 Å². The zero-order valence-electron chi connectivity index (χ0n) is 11.0. The lowest BCUT2D eigenvalue weighted by Gasteiger charge is -2.37. The van der Waals surface area contributed by atoms with Gasteiger partial charge in [0.25, 0.3) is 0 Å². The second kappa shape index (κ2) is 6.11. The number of carboxylic acids is 1. The maximum absolute atomic E-state index is 10.7. The summed E-state index contributed by atoms with van der Waals surface area (Å²) in [5, 5.41) is 9.45. The van der Waals surface area contributed by atoms with Crippen LogP contribution in [0.3, 0.4) is 0 Å². The second-order valence-corrected chi connectivity index (χ2v) is 5.29. The third-order valence-electron chi connectivity index (χ3n) is 3.51. The van der Waals surface area contributed by atoms with Crippen molar-refractivity contribution >= 4 is 29.3 Å². The number of benzene rings is 1. The number of halogens is 1. The van der Waals surface area contributed by atoms with Crippen molar-refractivity contribution in [1.29, 1.82) is 0 Å². The second-order valence-electron chi connectivity index (χ2n) is 4.89. The van der Waals surface area contributed by atoms with Gasteiger partial charge in [0.05, 0.1) is 10.7 Å². The first-order valence-electron chi connectivity index (χ1n) is 6.56. The van der Waals surface area contributed by atoms with Gasteiger partial charge in [-0.3, -0.25) is 0 Å². The van der Waals surface area contributed by atoms with E-state index in [4.69, 9.17) is 16.7 Å². The Hall–Kier alpha value is -1.48. The van der Waals surface area contributed by atoms with Crippen molar-refractivity contribution < 1.29 is 9.90 Å². The summed E-state index contributed by atoms with van der Waals surface area (Å²) in [6.07, 6.45) is 6.31. The van der Waals surface area contributed by atoms with Crippen LogP contribution in [-0.2, 0) is 4.79 Å². The molecule has 1 aliphatic rings. The number of carbonyl (C=O) groups is 1. The molecule has 0 aliphatic carbocycles. The molecule has 1 aromatic carbocycles. The molecule has 3 nitrogen and oxygen atoms in total. The van der Waals surface area contributed by atoms with Crippen molar-refractivity contribution in [3.63, 3.8) is 0 Å². The van der Waals surface area contributed by atoms with Gasteiger partial charge in [-0.25, -0.2) is 4.79 Å². The van der Waals surface area contributed by atoms with Gasteiger partial charge < -0.3 is 10.0 Å². The molecular weight excluding hydrogens is 262 g/mol. The fourth-order valence-corrected chi connectivity index (χ4v) is 2.85. The zero-order valence-corrected chi connectivity index (χ0v) is 11.7. The van der Waals surface area contributed by atoms with Gasteiger partial charge in [-0.2, -0.15) is 0 Å². The minimum absolute atomic E-state index is 0.436.